The Labute approximate surface area is 232 Å². The molecule has 0 heterocycles. The summed E-state index contributed by atoms with van der Waals surface area (Å²) >= 11 is 0. The molecule has 0 saturated heterocycles. The van der Waals surface area contributed by atoms with Gasteiger partial charge in [-0.2, -0.15) is 13.2 Å². The molecule has 1 atom stereocenters. The standard InChI is InChI=1S/C28H35F4N3O4S/c1-20(27(37)33-23-12-4-3-5-13-23)34(19-21-10-6-7-15-25(21)29)26(36)16-9-17-35(40(2,38)39)24-14-8-11-22(18-24)28(30,31)32/h6-8,10-11,14-15,18,20,23H,3-5,9,12-13,16-17,19H2,1-2H3,(H,33,37)/t20-/m1/s1. The number of rotatable bonds is 11. The van der Waals surface area contributed by atoms with Crippen molar-refractivity contribution in [2.24, 2.45) is 0 Å². The highest BCUT2D eigenvalue weighted by atomic mass is 32.2. The molecule has 7 nitrogen and oxygen atoms in total. The molecule has 3 rings (SSSR count). The van der Waals surface area contributed by atoms with Crippen LogP contribution >= 0.6 is 0 Å². The number of carbonyl (C=O) groups excluding carboxylic acids is 2. The molecule has 40 heavy (non-hydrogen) atoms. The molecular formula is C28H35F4N3O4S. The molecule has 0 spiro atoms. The van der Waals surface area contributed by atoms with Crippen LogP contribution < -0.4 is 9.62 Å². The minimum Gasteiger partial charge on any atom is -0.352 e. The Hall–Kier alpha value is -3.15. The van der Waals surface area contributed by atoms with Crippen molar-refractivity contribution in [3.63, 3.8) is 0 Å². The highest BCUT2D eigenvalue weighted by molar-refractivity contribution is 7.92. The largest absolute Gasteiger partial charge is 0.416 e. The summed E-state index contributed by atoms with van der Waals surface area (Å²) in [6.45, 7) is 1.12. The lowest BCUT2D eigenvalue weighted by molar-refractivity contribution is -0.141. The molecular weight excluding hydrogens is 550 g/mol. The molecule has 0 aromatic heterocycles. The molecule has 0 aliphatic heterocycles. The first-order chi connectivity index (χ1) is 18.8. The van der Waals surface area contributed by atoms with Crippen LogP contribution in [0.5, 0.6) is 0 Å². The van der Waals surface area contributed by atoms with E-state index in [2.05, 4.69) is 5.32 Å². The number of nitrogens with one attached hydrogen (secondary N) is 1. The number of amides is 2. The Morgan fingerprint density at radius 2 is 1.73 bits per heavy atom. The highest BCUT2D eigenvalue weighted by Gasteiger charge is 2.32. The first-order valence-corrected chi connectivity index (χ1v) is 15.1. The number of anilines is 1. The normalized spacial score (nSPS) is 15.3. The molecule has 12 heteroatoms. The number of hydrogen-bond donors (Lipinski definition) is 1. The van der Waals surface area contributed by atoms with Gasteiger partial charge < -0.3 is 10.2 Å². The SMILES string of the molecule is C[C@H](C(=O)NC1CCCCC1)N(Cc1ccccc1F)C(=O)CCCN(c1cccc(C(F)(F)F)c1)S(C)(=O)=O. The van der Waals surface area contributed by atoms with E-state index in [0.29, 0.717) is 0 Å². The molecule has 1 fully saturated rings. The van der Waals surface area contributed by atoms with Crippen molar-refractivity contribution in [2.45, 2.75) is 76.7 Å². The third-order valence-corrected chi connectivity index (χ3v) is 8.23. The van der Waals surface area contributed by atoms with Crippen LogP contribution in [-0.2, 0) is 32.3 Å². The zero-order valence-corrected chi connectivity index (χ0v) is 23.4. The summed E-state index contributed by atoms with van der Waals surface area (Å²) in [7, 11) is -3.97. The number of nitrogens with zero attached hydrogens (tertiary/aromatic N) is 2. The van der Waals surface area contributed by atoms with E-state index in [-0.39, 0.29) is 49.1 Å². The molecule has 1 saturated carbocycles. The Morgan fingerprint density at radius 3 is 2.35 bits per heavy atom. The maximum atomic E-state index is 14.5. The summed E-state index contributed by atoms with van der Waals surface area (Å²) in [5.74, 6) is -1.40. The molecule has 0 radical (unpaired) electrons. The number of halogens is 4. The molecule has 1 aliphatic carbocycles. The van der Waals surface area contributed by atoms with Crippen LogP contribution in [0.3, 0.4) is 0 Å². The number of benzene rings is 2. The van der Waals surface area contributed by atoms with Gasteiger partial charge >= 0.3 is 6.18 Å². The third-order valence-electron chi connectivity index (χ3n) is 7.03. The van der Waals surface area contributed by atoms with Crippen molar-refractivity contribution < 1.29 is 35.6 Å². The second-order valence-electron chi connectivity index (χ2n) is 10.1. The van der Waals surface area contributed by atoms with Gasteiger partial charge in [-0.3, -0.25) is 13.9 Å². The van der Waals surface area contributed by atoms with Crippen LogP contribution in [-0.4, -0.2) is 50.0 Å². The number of hydrogen-bond acceptors (Lipinski definition) is 4. The van der Waals surface area contributed by atoms with E-state index in [0.717, 1.165) is 60.9 Å². The van der Waals surface area contributed by atoms with E-state index < -0.39 is 39.5 Å². The van der Waals surface area contributed by atoms with Crippen LogP contribution in [0.25, 0.3) is 0 Å². The van der Waals surface area contributed by atoms with Crippen molar-refractivity contribution >= 4 is 27.5 Å². The van der Waals surface area contributed by atoms with E-state index >= 15 is 0 Å². The summed E-state index contributed by atoms with van der Waals surface area (Å²) in [5.41, 5.74) is -0.952. The maximum Gasteiger partial charge on any atom is 0.416 e. The fourth-order valence-corrected chi connectivity index (χ4v) is 5.76. The van der Waals surface area contributed by atoms with Gasteiger partial charge in [-0.1, -0.05) is 43.5 Å². The first kappa shape index (κ1) is 31.4. The van der Waals surface area contributed by atoms with Gasteiger partial charge in [0.2, 0.25) is 21.8 Å². The number of sulfonamides is 1. The highest BCUT2D eigenvalue weighted by Crippen LogP contribution is 2.32. The minimum absolute atomic E-state index is 0.00453. The Kier molecular flexibility index (Phi) is 10.6. The second-order valence-corrected chi connectivity index (χ2v) is 12.0. The number of alkyl halides is 3. The lowest BCUT2D eigenvalue weighted by Crippen LogP contribution is -2.50. The van der Waals surface area contributed by atoms with Gasteiger partial charge in [0.05, 0.1) is 17.5 Å². The van der Waals surface area contributed by atoms with Crippen LogP contribution in [0.1, 0.15) is 63.0 Å². The molecule has 1 N–H and O–H groups in total. The smallest absolute Gasteiger partial charge is 0.352 e. The fraction of sp³-hybridized carbons (Fsp3) is 0.500. The molecule has 1 aliphatic rings. The van der Waals surface area contributed by atoms with Crippen molar-refractivity contribution in [1.82, 2.24) is 10.2 Å². The lowest BCUT2D eigenvalue weighted by Gasteiger charge is -2.31. The van der Waals surface area contributed by atoms with Crippen molar-refractivity contribution in [3.8, 4) is 0 Å². The average molecular weight is 586 g/mol. The van der Waals surface area contributed by atoms with E-state index in [1.165, 1.54) is 29.2 Å². The third kappa shape index (κ3) is 8.67. The fourth-order valence-electron chi connectivity index (χ4n) is 4.80. The van der Waals surface area contributed by atoms with Crippen molar-refractivity contribution in [1.29, 1.82) is 0 Å². The van der Waals surface area contributed by atoms with Crippen molar-refractivity contribution in [3.05, 3.63) is 65.5 Å². The van der Waals surface area contributed by atoms with E-state index in [1.54, 1.807) is 13.0 Å². The van der Waals surface area contributed by atoms with Gasteiger partial charge in [0.1, 0.15) is 11.9 Å². The lowest BCUT2D eigenvalue weighted by atomic mass is 9.95. The maximum absolute atomic E-state index is 14.5. The second kappa shape index (κ2) is 13.5. The predicted octanol–water partition coefficient (Wildman–Crippen LogP) is 5.26. The summed E-state index contributed by atoms with van der Waals surface area (Å²) in [6, 6.07) is 8.92. The van der Waals surface area contributed by atoms with E-state index in [1.807, 2.05) is 0 Å². The zero-order valence-electron chi connectivity index (χ0n) is 22.6. The topological polar surface area (TPSA) is 86.8 Å². The van der Waals surface area contributed by atoms with Gasteiger partial charge in [-0.25, -0.2) is 12.8 Å². The Balaban J connectivity index is 1.75. The molecule has 0 unspecified atom stereocenters. The first-order valence-electron chi connectivity index (χ1n) is 13.3. The molecule has 220 valence electrons. The zero-order chi connectivity index (χ0) is 29.5. The van der Waals surface area contributed by atoms with Gasteiger partial charge in [0.15, 0.2) is 0 Å². The van der Waals surface area contributed by atoms with Crippen LogP contribution in [0.2, 0.25) is 0 Å². The van der Waals surface area contributed by atoms with Crippen LogP contribution in [0.15, 0.2) is 48.5 Å². The number of carbonyl (C=O) groups is 2. The quantitative estimate of drug-likeness (QED) is 0.365. The summed E-state index contributed by atoms with van der Waals surface area (Å²) < 4.78 is 79.7. The molecule has 2 amide bonds. The Bertz CT molecular complexity index is 1280. The van der Waals surface area contributed by atoms with E-state index in [4.69, 9.17) is 0 Å². The molecule has 2 aromatic rings. The summed E-state index contributed by atoms with van der Waals surface area (Å²) in [5, 5.41) is 2.98. The summed E-state index contributed by atoms with van der Waals surface area (Å²) in [6.07, 6.45) is 0.763. The van der Waals surface area contributed by atoms with Gasteiger partial charge in [-0.05, 0) is 50.5 Å². The Morgan fingerprint density at radius 1 is 1.05 bits per heavy atom. The molecule has 2 aromatic carbocycles. The van der Waals surface area contributed by atoms with Crippen LogP contribution in [0.4, 0.5) is 23.2 Å². The molecule has 0 bridgehead atoms. The minimum atomic E-state index is -4.66. The average Bonchev–Trinajstić information content (AvgIpc) is 2.89. The van der Waals surface area contributed by atoms with Gasteiger partial charge in [0.25, 0.3) is 0 Å². The van der Waals surface area contributed by atoms with Gasteiger partial charge in [-0.15, -0.1) is 0 Å². The van der Waals surface area contributed by atoms with Crippen molar-refractivity contribution in [2.75, 3.05) is 17.1 Å². The monoisotopic (exact) mass is 585 g/mol. The predicted molar refractivity (Wildman–Crippen MR) is 144 cm³/mol. The van der Waals surface area contributed by atoms with Gasteiger partial charge in [0, 0.05) is 31.1 Å². The van der Waals surface area contributed by atoms with Crippen LogP contribution in [0, 0.1) is 5.82 Å². The summed E-state index contributed by atoms with van der Waals surface area (Å²) in [4.78, 5) is 27.7. The van der Waals surface area contributed by atoms with E-state index in [9.17, 15) is 35.6 Å².